The third-order valence-corrected chi connectivity index (χ3v) is 5.46. The highest BCUT2D eigenvalue weighted by molar-refractivity contribution is 7.33. The molecule has 0 spiro atoms. The van der Waals surface area contributed by atoms with Crippen LogP contribution in [0.3, 0.4) is 0 Å². The molecule has 4 nitrogen and oxygen atoms in total. The zero-order valence-corrected chi connectivity index (χ0v) is 13.0. The van der Waals surface area contributed by atoms with Crippen molar-refractivity contribution in [3.63, 3.8) is 0 Å². The molecule has 1 aromatic carbocycles. The molecule has 108 valence electrons. The summed E-state index contributed by atoms with van der Waals surface area (Å²) in [6, 6.07) is 9.89. The normalized spacial score (nSPS) is 12.5. The lowest BCUT2D eigenvalue weighted by atomic mass is 10.2. The van der Waals surface area contributed by atoms with Gasteiger partial charge in [0, 0.05) is 14.8 Å². The molecule has 2 aromatic heterocycles. The van der Waals surface area contributed by atoms with Gasteiger partial charge in [0.15, 0.2) is 6.10 Å². The van der Waals surface area contributed by atoms with Crippen molar-refractivity contribution in [3.05, 3.63) is 35.2 Å². The smallest absolute Gasteiger partial charge is 0.349 e. The van der Waals surface area contributed by atoms with E-state index in [1.165, 1.54) is 30.1 Å². The molecule has 3 aromatic rings. The van der Waals surface area contributed by atoms with E-state index in [9.17, 15) is 9.59 Å². The van der Waals surface area contributed by atoms with Gasteiger partial charge in [-0.15, -0.1) is 22.7 Å². The zero-order chi connectivity index (χ0) is 15.0. The highest BCUT2D eigenvalue weighted by Crippen LogP contribution is 2.39. The van der Waals surface area contributed by atoms with Gasteiger partial charge in [0.05, 0.1) is 11.8 Å². The summed E-state index contributed by atoms with van der Waals surface area (Å²) in [4.78, 5) is 23.8. The second-order valence-corrected chi connectivity index (χ2v) is 6.61. The largest absolute Gasteiger partial charge is 0.466 e. The number of hydrogen-bond acceptors (Lipinski definition) is 6. The maximum Gasteiger partial charge on any atom is 0.349 e. The van der Waals surface area contributed by atoms with Crippen LogP contribution in [0.5, 0.6) is 0 Å². The fraction of sp³-hybridized carbons (Fsp3) is 0.200. The van der Waals surface area contributed by atoms with E-state index >= 15 is 0 Å². The summed E-state index contributed by atoms with van der Waals surface area (Å²) in [5, 5.41) is 1.14. The van der Waals surface area contributed by atoms with Crippen LogP contribution in [0, 0.1) is 0 Å². The SMILES string of the molecule is COC(=O)[C@H](C)OC(=O)c1cc2sc3ccccc3c2s1. The summed E-state index contributed by atoms with van der Waals surface area (Å²) in [7, 11) is 1.26. The molecule has 0 aliphatic rings. The molecule has 0 unspecified atom stereocenters. The van der Waals surface area contributed by atoms with Crippen molar-refractivity contribution < 1.29 is 19.1 Å². The van der Waals surface area contributed by atoms with Crippen molar-refractivity contribution in [1.82, 2.24) is 0 Å². The maximum absolute atomic E-state index is 12.1. The number of thiophene rings is 2. The molecule has 3 rings (SSSR count). The highest BCUT2D eigenvalue weighted by Gasteiger charge is 2.21. The first-order valence-corrected chi connectivity index (χ1v) is 7.93. The number of benzene rings is 1. The quantitative estimate of drug-likeness (QED) is 0.688. The van der Waals surface area contributed by atoms with E-state index < -0.39 is 18.0 Å². The van der Waals surface area contributed by atoms with E-state index in [0.717, 1.165) is 14.8 Å². The number of methoxy groups -OCH3 is 1. The van der Waals surface area contributed by atoms with Crippen LogP contribution in [0.1, 0.15) is 16.6 Å². The first-order chi connectivity index (χ1) is 10.1. The Labute approximate surface area is 128 Å². The Kier molecular flexibility index (Phi) is 3.65. The number of hydrogen-bond donors (Lipinski definition) is 0. The van der Waals surface area contributed by atoms with Gasteiger partial charge >= 0.3 is 11.9 Å². The third kappa shape index (κ3) is 2.52. The Morgan fingerprint density at radius 1 is 1.14 bits per heavy atom. The predicted octanol–water partition coefficient (Wildman–Crippen LogP) is 3.83. The average molecular weight is 320 g/mol. The summed E-state index contributed by atoms with van der Waals surface area (Å²) in [5.74, 6) is -1.06. The number of fused-ring (bicyclic) bond motifs is 3. The second-order valence-electron chi connectivity index (χ2n) is 4.47. The van der Waals surface area contributed by atoms with Gasteiger partial charge in [-0.2, -0.15) is 0 Å². The number of esters is 2. The van der Waals surface area contributed by atoms with Crippen LogP contribution in [0.25, 0.3) is 19.5 Å². The van der Waals surface area contributed by atoms with E-state index in [-0.39, 0.29) is 0 Å². The molecule has 0 saturated carbocycles. The molecule has 6 heteroatoms. The van der Waals surface area contributed by atoms with Crippen molar-refractivity contribution in [3.8, 4) is 0 Å². The van der Waals surface area contributed by atoms with Crippen LogP contribution >= 0.6 is 22.7 Å². The Hall–Kier alpha value is -1.92. The summed E-state index contributed by atoms with van der Waals surface area (Å²) in [6.07, 6.45) is -0.903. The van der Waals surface area contributed by atoms with Gasteiger partial charge in [-0.05, 0) is 19.1 Å². The van der Waals surface area contributed by atoms with E-state index in [4.69, 9.17) is 4.74 Å². The summed E-state index contributed by atoms with van der Waals surface area (Å²) in [5.41, 5.74) is 0. The summed E-state index contributed by atoms with van der Waals surface area (Å²) in [6.45, 7) is 1.50. The number of rotatable bonds is 3. The highest BCUT2D eigenvalue weighted by atomic mass is 32.1. The lowest BCUT2D eigenvalue weighted by Crippen LogP contribution is -2.24. The van der Waals surface area contributed by atoms with Crippen LogP contribution in [0.15, 0.2) is 30.3 Å². The maximum atomic E-state index is 12.1. The third-order valence-electron chi connectivity index (χ3n) is 3.07. The van der Waals surface area contributed by atoms with Crippen molar-refractivity contribution in [1.29, 1.82) is 0 Å². The Morgan fingerprint density at radius 3 is 2.67 bits per heavy atom. The molecular formula is C15H12O4S2. The van der Waals surface area contributed by atoms with Gasteiger partial charge in [0.1, 0.15) is 4.88 Å². The van der Waals surface area contributed by atoms with Gasteiger partial charge in [0.25, 0.3) is 0 Å². The summed E-state index contributed by atoms with van der Waals surface area (Å²) >= 11 is 3.03. The van der Waals surface area contributed by atoms with Crippen LogP contribution in [-0.4, -0.2) is 25.2 Å². The Morgan fingerprint density at radius 2 is 1.90 bits per heavy atom. The fourth-order valence-electron chi connectivity index (χ4n) is 2.03. The van der Waals surface area contributed by atoms with Gasteiger partial charge in [-0.1, -0.05) is 18.2 Å². The van der Waals surface area contributed by atoms with Gasteiger partial charge in [-0.25, -0.2) is 9.59 Å². The number of carbonyl (C=O) groups excluding carboxylic acids is 2. The molecule has 0 radical (unpaired) electrons. The molecule has 21 heavy (non-hydrogen) atoms. The molecule has 0 saturated heterocycles. The first-order valence-electron chi connectivity index (χ1n) is 6.30. The van der Waals surface area contributed by atoms with Gasteiger partial charge < -0.3 is 9.47 Å². The first kappa shape index (κ1) is 14.0. The number of carbonyl (C=O) groups is 2. The minimum Gasteiger partial charge on any atom is -0.466 e. The van der Waals surface area contributed by atoms with Crippen molar-refractivity contribution in [2.24, 2.45) is 0 Å². The molecule has 1 atom stereocenters. The van der Waals surface area contributed by atoms with Crippen LogP contribution in [-0.2, 0) is 14.3 Å². The average Bonchev–Trinajstić information content (AvgIpc) is 3.03. The van der Waals surface area contributed by atoms with Crippen molar-refractivity contribution >= 4 is 54.1 Å². The standard InChI is InChI=1S/C15H12O4S2/c1-8(14(16)18-2)19-15(17)12-7-11-13(21-12)9-5-3-4-6-10(9)20-11/h3-8H,1-2H3/t8-/m0/s1. The lowest BCUT2D eigenvalue weighted by molar-refractivity contribution is -0.149. The van der Waals surface area contributed by atoms with Gasteiger partial charge in [0.2, 0.25) is 0 Å². The monoisotopic (exact) mass is 320 g/mol. The lowest BCUT2D eigenvalue weighted by Gasteiger charge is -2.09. The summed E-state index contributed by atoms with van der Waals surface area (Å²) < 4.78 is 13.0. The Balaban J connectivity index is 1.91. The zero-order valence-electron chi connectivity index (χ0n) is 11.4. The molecular weight excluding hydrogens is 308 g/mol. The molecule has 0 bridgehead atoms. The van der Waals surface area contributed by atoms with Crippen molar-refractivity contribution in [2.75, 3.05) is 7.11 Å². The van der Waals surface area contributed by atoms with E-state index in [0.29, 0.717) is 4.88 Å². The van der Waals surface area contributed by atoms with E-state index in [1.807, 2.05) is 24.3 Å². The molecule has 0 amide bonds. The second kappa shape index (κ2) is 5.46. The van der Waals surface area contributed by atoms with E-state index in [2.05, 4.69) is 10.8 Å². The molecule has 0 N–H and O–H groups in total. The molecule has 0 aliphatic heterocycles. The van der Waals surface area contributed by atoms with Crippen LogP contribution in [0.2, 0.25) is 0 Å². The van der Waals surface area contributed by atoms with Crippen LogP contribution in [0.4, 0.5) is 0 Å². The van der Waals surface area contributed by atoms with Crippen molar-refractivity contribution in [2.45, 2.75) is 13.0 Å². The Bertz CT molecular complexity index is 831. The minimum atomic E-state index is -0.903. The van der Waals surface area contributed by atoms with E-state index in [1.54, 1.807) is 11.3 Å². The molecule has 0 aliphatic carbocycles. The molecule has 2 heterocycles. The fourth-order valence-corrected chi connectivity index (χ4v) is 4.44. The predicted molar refractivity (Wildman–Crippen MR) is 84.1 cm³/mol. The number of ether oxygens (including phenoxy) is 2. The minimum absolute atomic E-state index is 0.495. The van der Waals surface area contributed by atoms with Gasteiger partial charge in [-0.3, -0.25) is 0 Å². The van der Waals surface area contributed by atoms with Crippen LogP contribution < -0.4 is 0 Å². The topological polar surface area (TPSA) is 52.6 Å². The molecule has 0 fully saturated rings.